The molecule has 0 N–H and O–H groups in total. The molecule has 0 fully saturated rings. The van der Waals surface area contributed by atoms with Crippen molar-refractivity contribution in [2.75, 3.05) is 0 Å². The van der Waals surface area contributed by atoms with Gasteiger partial charge in [0, 0.05) is 6.42 Å². The van der Waals surface area contributed by atoms with Gasteiger partial charge in [-0.3, -0.25) is 4.79 Å². The van der Waals surface area contributed by atoms with Crippen molar-refractivity contribution in [1.29, 1.82) is 0 Å². The Morgan fingerprint density at radius 1 is 1.33 bits per heavy atom. The Kier molecular flexibility index (Phi) is 6.14. The first-order chi connectivity index (χ1) is 7.33. The van der Waals surface area contributed by atoms with E-state index in [2.05, 4.69) is 19.1 Å². The third kappa shape index (κ3) is 5.60. The molecule has 1 rings (SSSR count). The molecule has 0 amide bonds. The molecule has 0 aromatic rings. The maximum atomic E-state index is 11.4. The molecule has 0 aromatic heterocycles. The molecule has 0 saturated carbocycles. The molecule has 1 unspecified atom stereocenters. The Morgan fingerprint density at radius 3 is 2.93 bits per heavy atom. The van der Waals surface area contributed by atoms with Crippen LogP contribution in [0.15, 0.2) is 12.2 Å². The van der Waals surface area contributed by atoms with Crippen molar-refractivity contribution < 1.29 is 9.53 Å². The van der Waals surface area contributed by atoms with Crippen LogP contribution in [0.25, 0.3) is 0 Å². The molecule has 0 radical (unpaired) electrons. The van der Waals surface area contributed by atoms with Crippen LogP contribution in [0.5, 0.6) is 0 Å². The minimum Gasteiger partial charge on any atom is -0.462 e. The molecule has 0 heterocycles. The molecule has 15 heavy (non-hydrogen) atoms. The minimum absolute atomic E-state index is 0.00796. The van der Waals surface area contributed by atoms with Crippen molar-refractivity contribution in [2.45, 2.75) is 64.4 Å². The SMILES string of the molecule is CCCCC(=O)OC1CC/C=C\CCC1. The van der Waals surface area contributed by atoms with Gasteiger partial charge in [-0.25, -0.2) is 0 Å². The highest BCUT2D eigenvalue weighted by Crippen LogP contribution is 2.16. The van der Waals surface area contributed by atoms with Crippen LogP contribution < -0.4 is 0 Å². The molecule has 2 nitrogen and oxygen atoms in total. The van der Waals surface area contributed by atoms with Crippen LogP contribution >= 0.6 is 0 Å². The van der Waals surface area contributed by atoms with E-state index in [1.54, 1.807) is 0 Å². The predicted molar refractivity (Wildman–Crippen MR) is 61.6 cm³/mol. The Hall–Kier alpha value is -0.790. The summed E-state index contributed by atoms with van der Waals surface area (Å²) in [6.07, 6.45) is 12.5. The average Bonchev–Trinajstić information content (AvgIpc) is 2.19. The van der Waals surface area contributed by atoms with Crippen LogP contribution in [0.2, 0.25) is 0 Å². The van der Waals surface area contributed by atoms with Crippen LogP contribution in [-0.4, -0.2) is 12.1 Å². The lowest BCUT2D eigenvalue weighted by Crippen LogP contribution is -2.18. The van der Waals surface area contributed by atoms with Crippen molar-refractivity contribution >= 4 is 5.97 Å². The van der Waals surface area contributed by atoms with Crippen LogP contribution in [0.1, 0.15) is 58.3 Å². The molecule has 0 saturated heterocycles. The molecule has 0 bridgehead atoms. The van der Waals surface area contributed by atoms with E-state index in [4.69, 9.17) is 4.74 Å². The summed E-state index contributed by atoms with van der Waals surface area (Å²) in [6, 6.07) is 0. The second-order valence-corrected chi connectivity index (χ2v) is 4.20. The van der Waals surface area contributed by atoms with Gasteiger partial charge < -0.3 is 4.74 Å². The van der Waals surface area contributed by atoms with Gasteiger partial charge in [-0.15, -0.1) is 0 Å². The molecule has 86 valence electrons. The first-order valence-electron chi connectivity index (χ1n) is 6.17. The molecule has 0 spiro atoms. The van der Waals surface area contributed by atoms with Gasteiger partial charge in [0.2, 0.25) is 0 Å². The van der Waals surface area contributed by atoms with E-state index < -0.39 is 0 Å². The highest BCUT2D eigenvalue weighted by molar-refractivity contribution is 5.69. The number of ether oxygens (including phenoxy) is 1. The first-order valence-corrected chi connectivity index (χ1v) is 6.17. The summed E-state index contributed by atoms with van der Waals surface area (Å²) < 4.78 is 5.46. The first kappa shape index (κ1) is 12.3. The number of hydrogen-bond acceptors (Lipinski definition) is 2. The van der Waals surface area contributed by atoms with E-state index in [0.29, 0.717) is 6.42 Å². The lowest BCUT2D eigenvalue weighted by molar-refractivity contribution is -0.149. The maximum Gasteiger partial charge on any atom is 0.306 e. The molecular formula is C13H22O2. The summed E-state index contributed by atoms with van der Waals surface area (Å²) in [4.78, 5) is 11.4. The lowest BCUT2D eigenvalue weighted by Gasteiger charge is -2.18. The summed E-state index contributed by atoms with van der Waals surface area (Å²) in [5.41, 5.74) is 0. The van der Waals surface area contributed by atoms with E-state index in [0.717, 1.165) is 44.9 Å². The van der Waals surface area contributed by atoms with Crippen molar-refractivity contribution in [1.82, 2.24) is 0 Å². The number of carbonyl (C=O) groups excluding carboxylic acids is 1. The van der Waals surface area contributed by atoms with E-state index in [1.165, 1.54) is 0 Å². The third-order valence-electron chi connectivity index (χ3n) is 2.75. The number of carbonyl (C=O) groups is 1. The smallest absolute Gasteiger partial charge is 0.306 e. The van der Waals surface area contributed by atoms with Crippen LogP contribution in [-0.2, 0) is 9.53 Å². The largest absolute Gasteiger partial charge is 0.462 e. The number of allylic oxidation sites excluding steroid dienone is 2. The van der Waals surface area contributed by atoms with Gasteiger partial charge in [0.05, 0.1) is 0 Å². The summed E-state index contributed by atoms with van der Waals surface area (Å²) in [5.74, 6) is -0.00796. The Balaban J connectivity index is 2.23. The number of esters is 1. The van der Waals surface area contributed by atoms with E-state index in [1.807, 2.05) is 0 Å². The van der Waals surface area contributed by atoms with Crippen molar-refractivity contribution in [2.24, 2.45) is 0 Å². The molecule has 1 aliphatic rings. The molecular weight excluding hydrogens is 188 g/mol. The summed E-state index contributed by atoms with van der Waals surface area (Å²) in [6.45, 7) is 2.09. The van der Waals surface area contributed by atoms with Gasteiger partial charge in [-0.2, -0.15) is 0 Å². The summed E-state index contributed by atoms with van der Waals surface area (Å²) in [7, 11) is 0. The number of rotatable bonds is 4. The zero-order valence-corrected chi connectivity index (χ0v) is 9.71. The molecule has 1 aliphatic carbocycles. The van der Waals surface area contributed by atoms with Crippen molar-refractivity contribution in [3.63, 3.8) is 0 Å². The summed E-state index contributed by atoms with van der Waals surface area (Å²) in [5, 5.41) is 0. The second kappa shape index (κ2) is 7.49. The lowest BCUT2D eigenvalue weighted by atomic mass is 10.0. The number of unbranched alkanes of at least 4 members (excludes halogenated alkanes) is 1. The van der Waals surface area contributed by atoms with Gasteiger partial charge in [0.15, 0.2) is 0 Å². The van der Waals surface area contributed by atoms with Gasteiger partial charge in [0.1, 0.15) is 6.10 Å². The molecule has 0 aliphatic heterocycles. The van der Waals surface area contributed by atoms with Crippen LogP contribution in [0.4, 0.5) is 0 Å². The van der Waals surface area contributed by atoms with Crippen LogP contribution in [0.3, 0.4) is 0 Å². The Morgan fingerprint density at radius 2 is 2.13 bits per heavy atom. The minimum atomic E-state index is -0.00796. The summed E-state index contributed by atoms with van der Waals surface area (Å²) >= 11 is 0. The zero-order valence-electron chi connectivity index (χ0n) is 9.71. The Bertz CT molecular complexity index is 209. The highest BCUT2D eigenvalue weighted by atomic mass is 16.5. The van der Waals surface area contributed by atoms with Crippen molar-refractivity contribution in [3.8, 4) is 0 Å². The third-order valence-corrected chi connectivity index (χ3v) is 2.75. The van der Waals surface area contributed by atoms with Gasteiger partial charge in [0.25, 0.3) is 0 Å². The maximum absolute atomic E-state index is 11.4. The average molecular weight is 210 g/mol. The van der Waals surface area contributed by atoms with E-state index in [9.17, 15) is 4.79 Å². The predicted octanol–water partition coefficient (Wildman–Crippen LogP) is 3.61. The van der Waals surface area contributed by atoms with Crippen LogP contribution in [0, 0.1) is 0 Å². The van der Waals surface area contributed by atoms with E-state index >= 15 is 0 Å². The van der Waals surface area contributed by atoms with Gasteiger partial charge in [-0.1, -0.05) is 25.5 Å². The fourth-order valence-corrected chi connectivity index (χ4v) is 1.81. The van der Waals surface area contributed by atoms with Gasteiger partial charge in [-0.05, 0) is 38.5 Å². The second-order valence-electron chi connectivity index (χ2n) is 4.20. The zero-order chi connectivity index (χ0) is 10.9. The van der Waals surface area contributed by atoms with E-state index in [-0.39, 0.29) is 12.1 Å². The standard InChI is InChI=1S/C13H22O2/c1-2-3-11-13(14)15-12-9-7-5-4-6-8-10-12/h4-5,12H,2-3,6-11H2,1H3/b5-4-. The molecule has 2 heteroatoms. The molecule has 1 atom stereocenters. The van der Waals surface area contributed by atoms with Crippen molar-refractivity contribution in [3.05, 3.63) is 12.2 Å². The topological polar surface area (TPSA) is 26.3 Å². The highest BCUT2D eigenvalue weighted by Gasteiger charge is 2.13. The van der Waals surface area contributed by atoms with Gasteiger partial charge >= 0.3 is 5.97 Å². The Labute approximate surface area is 92.7 Å². The normalized spacial score (nSPS) is 23.9. The molecule has 0 aromatic carbocycles. The fraction of sp³-hybridized carbons (Fsp3) is 0.769. The quantitative estimate of drug-likeness (QED) is 0.523. The number of hydrogen-bond donors (Lipinski definition) is 0. The fourth-order valence-electron chi connectivity index (χ4n) is 1.81. The monoisotopic (exact) mass is 210 g/mol.